The number of hydrogen-bond donors (Lipinski definition) is 3. The van der Waals surface area contributed by atoms with Crippen LogP contribution in [-0.4, -0.2) is 43.7 Å². The maximum atomic E-state index is 12.5. The zero-order chi connectivity index (χ0) is 18.1. The summed E-state index contributed by atoms with van der Waals surface area (Å²) in [5.74, 6) is 0.809. The molecule has 3 N–H and O–H groups in total. The number of piperidine rings is 1. The van der Waals surface area contributed by atoms with Crippen LogP contribution in [0.15, 0.2) is 42.9 Å². The Balaban J connectivity index is 1.35. The van der Waals surface area contributed by atoms with Gasteiger partial charge in [-0.3, -0.25) is 0 Å². The monoisotopic (exact) mass is 353 g/mol. The van der Waals surface area contributed by atoms with Crippen LogP contribution in [0.1, 0.15) is 24.8 Å². The van der Waals surface area contributed by atoms with Crippen molar-refractivity contribution < 1.29 is 9.90 Å². The molecule has 1 aliphatic rings. The molecule has 0 spiro atoms. The normalized spacial score (nSPS) is 16.8. The maximum Gasteiger partial charge on any atom is 0.321 e. The van der Waals surface area contributed by atoms with E-state index >= 15 is 0 Å². The highest BCUT2D eigenvalue weighted by Crippen LogP contribution is 2.30. The van der Waals surface area contributed by atoms with E-state index < -0.39 is 6.10 Å². The Morgan fingerprint density at radius 2 is 2.15 bits per heavy atom. The average molecular weight is 353 g/mol. The van der Waals surface area contributed by atoms with Crippen LogP contribution in [0.4, 0.5) is 10.5 Å². The van der Waals surface area contributed by atoms with Crippen molar-refractivity contribution in [3.8, 4) is 0 Å². The molecular weight excluding hydrogens is 330 g/mol. The van der Waals surface area contributed by atoms with Gasteiger partial charge in [0.25, 0.3) is 0 Å². The Morgan fingerprint density at radius 3 is 2.88 bits per heavy atom. The quantitative estimate of drug-likeness (QED) is 0.677. The van der Waals surface area contributed by atoms with Crippen LogP contribution < -0.4 is 5.32 Å². The first-order valence-corrected chi connectivity index (χ1v) is 8.90. The molecule has 0 bridgehead atoms. The number of fused-ring (bicyclic) bond motifs is 1. The van der Waals surface area contributed by atoms with Gasteiger partial charge in [0.1, 0.15) is 11.9 Å². The number of aryl methyl sites for hydroxylation is 1. The van der Waals surface area contributed by atoms with Gasteiger partial charge in [0.15, 0.2) is 0 Å². The molecule has 7 nitrogen and oxygen atoms in total. The molecule has 0 saturated carbocycles. The summed E-state index contributed by atoms with van der Waals surface area (Å²) in [7, 11) is 1.88. The number of benzene rings is 1. The number of rotatable bonds is 3. The van der Waals surface area contributed by atoms with Crippen LogP contribution in [0.3, 0.4) is 0 Å². The molecule has 3 aromatic rings. The number of hydrogen-bond acceptors (Lipinski definition) is 3. The Bertz CT molecular complexity index is 907. The largest absolute Gasteiger partial charge is 0.385 e. The van der Waals surface area contributed by atoms with Crippen molar-refractivity contribution in [1.82, 2.24) is 19.4 Å². The van der Waals surface area contributed by atoms with E-state index in [1.165, 1.54) is 0 Å². The van der Waals surface area contributed by atoms with Gasteiger partial charge in [-0.05, 0) is 43.0 Å². The second kappa shape index (κ2) is 6.84. The number of nitrogens with zero attached hydrogens (tertiary/aromatic N) is 3. The topological polar surface area (TPSA) is 86.2 Å². The zero-order valence-corrected chi connectivity index (χ0v) is 14.7. The number of imidazole rings is 1. The summed E-state index contributed by atoms with van der Waals surface area (Å²) in [4.78, 5) is 21.7. The van der Waals surface area contributed by atoms with Crippen molar-refractivity contribution in [3.63, 3.8) is 0 Å². The third kappa shape index (κ3) is 3.17. The van der Waals surface area contributed by atoms with Gasteiger partial charge < -0.3 is 24.9 Å². The van der Waals surface area contributed by atoms with Gasteiger partial charge in [-0.2, -0.15) is 0 Å². The van der Waals surface area contributed by atoms with Crippen molar-refractivity contribution in [2.24, 2.45) is 13.0 Å². The number of aliphatic hydroxyl groups is 1. The minimum Gasteiger partial charge on any atom is -0.385 e. The fraction of sp³-hybridized carbons (Fsp3) is 0.368. The summed E-state index contributed by atoms with van der Waals surface area (Å²) in [6, 6.07) is 7.70. The first-order chi connectivity index (χ1) is 12.6. The number of anilines is 1. The van der Waals surface area contributed by atoms with Crippen LogP contribution in [0, 0.1) is 5.92 Å². The smallest absolute Gasteiger partial charge is 0.321 e. The predicted molar refractivity (Wildman–Crippen MR) is 99.8 cm³/mol. The third-order valence-electron chi connectivity index (χ3n) is 5.20. The number of likely N-dealkylation sites (tertiary alicyclic amines) is 1. The molecule has 1 aliphatic heterocycles. The van der Waals surface area contributed by atoms with Crippen molar-refractivity contribution in [1.29, 1.82) is 0 Å². The van der Waals surface area contributed by atoms with E-state index in [-0.39, 0.29) is 11.9 Å². The van der Waals surface area contributed by atoms with Crippen molar-refractivity contribution in [2.45, 2.75) is 18.9 Å². The molecule has 1 fully saturated rings. The molecule has 26 heavy (non-hydrogen) atoms. The number of aromatic nitrogens is 3. The molecule has 3 heterocycles. The summed E-state index contributed by atoms with van der Waals surface area (Å²) in [6.07, 6.45) is 6.35. The lowest BCUT2D eigenvalue weighted by molar-refractivity contribution is 0.0600. The number of urea groups is 1. The fourth-order valence-electron chi connectivity index (χ4n) is 3.62. The van der Waals surface area contributed by atoms with E-state index in [2.05, 4.69) is 15.3 Å². The standard InChI is InChI=1S/C19H23N5O2/c1-23-11-8-21-18(23)17(25)13-5-9-24(10-6-13)19(26)22-15-2-3-16-14(12-15)4-7-20-16/h2-4,7-8,11-13,17,20,25H,5-6,9-10H2,1H3,(H,22,26). The molecule has 0 aliphatic carbocycles. The molecule has 0 radical (unpaired) electrons. The summed E-state index contributed by atoms with van der Waals surface area (Å²) in [6.45, 7) is 1.26. The molecule has 2 aromatic heterocycles. The van der Waals surface area contributed by atoms with Crippen LogP contribution in [0.5, 0.6) is 0 Å². The summed E-state index contributed by atoms with van der Waals surface area (Å²) >= 11 is 0. The molecule has 136 valence electrons. The van der Waals surface area contributed by atoms with Crippen LogP contribution in [0.2, 0.25) is 0 Å². The molecule has 1 aromatic carbocycles. The van der Waals surface area contributed by atoms with Crippen molar-refractivity contribution in [2.75, 3.05) is 18.4 Å². The Morgan fingerprint density at radius 1 is 1.35 bits per heavy atom. The van der Waals surface area contributed by atoms with Crippen molar-refractivity contribution >= 4 is 22.6 Å². The zero-order valence-electron chi connectivity index (χ0n) is 14.7. The highest BCUT2D eigenvalue weighted by molar-refractivity contribution is 5.92. The lowest BCUT2D eigenvalue weighted by Gasteiger charge is -2.34. The first kappa shape index (κ1) is 16.7. The van der Waals surface area contributed by atoms with E-state index in [1.54, 1.807) is 6.20 Å². The predicted octanol–water partition coefficient (Wildman–Crippen LogP) is 2.88. The number of nitrogens with one attached hydrogen (secondary N) is 2. The molecule has 4 rings (SSSR count). The Kier molecular flexibility index (Phi) is 4.38. The van der Waals surface area contributed by atoms with E-state index in [1.807, 2.05) is 53.2 Å². The van der Waals surface area contributed by atoms with Gasteiger partial charge in [0, 0.05) is 55.3 Å². The van der Waals surface area contributed by atoms with Gasteiger partial charge in [-0.1, -0.05) is 0 Å². The van der Waals surface area contributed by atoms with E-state index in [0.717, 1.165) is 29.4 Å². The van der Waals surface area contributed by atoms with Gasteiger partial charge in [-0.25, -0.2) is 9.78 Å². The lowest BCUT2D eigenvalue weighted by atomic mass is 9.91. The molecule has 1 atom stereocenters. The molecule has 1 saturated heterocycles. The van der Waals surface area contributed by atoms with E-state index in [0.29, 0.717) is 18.9 Å². The van der Waals surface area contributed by atoms with Crippen molar-refractivity contribution in [3.05, 3.63) is 48.7 Å². The van der Waals surface area contributed by atoms with Gasteiger partial charge in [0.2, 0.25) is 0 Å². The number of aromatic amines is 1. The van der Waals surface area contributed by atoms with E-state index in [4.69, 9.17) is 0 Å². The van der Waals surface area contributed by atoms with Gasteiger partial charge >= 0.3 is 6.03 Å². The van der Waals surface area contributed by atoms with Gasteiger partial charge in [-0.15, -0.1) is 0 Å². The molecule has 7 heteroatoms. The Hall–Kier alpha value is -2.80. The van der Waals surface area contributed by atoms with E-state index in [9.17, 15) is 9.90 Å². The Labute approximate surface area is 151 Å². The van der Waals surface area contributed by atoms with Gasteiger partial charge in [0.05, 0.1) is 0 Å². The maximum absolute atomic E-state index is 12.5. The summed E-state index contributed by atoms with van der Waals surface area (Å²) in [5, 5.41) is 14.6. The fourth-order valence-corrected chi connectivity index (χ4v) is 3.62. The number of H-pyrrole nitrogens is 1. The summed E-state index contributed by atoms with van der Waals surface area (Å²) in [5.41, 5.74) is 1.84. The van der Waals surface area contributed by atoms with Crippen LogP contribution in [-0.2, 0) is 7.05 Å². The molecule has 2 amide bonds. The first-order valence-electron chi connectivity index (χ1n) is 8.90. The highest BCUT2D eigenvalue weighted by Gasteiger charge is 2.30. The number of aliphatic hydroxyl groups excluding tert-OH is 1. The minimum absolute atomic E-state index is 0.0928. The SMILES string of the molecule is Cn1ccnc1C(O)C1CCN(C(=O)Nc2ccc3[nH]ccc3c2)CC1. The highest BCUT2D eigenvalue weighted by atomic mass is 16.3. The van der Waals surface area contributed by atoms with Crippen LogP contribution >= 0.6 is 0 Å². The second-order valence-corrected chi connectivity index (χ2v) is 6.88. The second-order valence-electron chi connectivity index (χ2n) is 6.88. The lowest BCUT2D eigenvalue weighted by Crippen LogP contribution is -2.42. The number of amides is 2. The number of carbonyl (C=O) groups is 1. The minimum atomic E-state index is -0.587. The van der Waals surface area contributed by atoms with Crippen LogP contribution in [0.25, 0.3) is 10.9 Å². The third-order valence-corrected chi connectivity index (χ3v) is 5.20. The molecule has 1 unspecified atom stereocenters. The summed E-state index contributed by atoms with van der Waals surface area (Å²) < 4.78 is 1.85. The average Bonchev–Trinajstić information content (AvgIpc) is 3.29. The molecular formula is C19H23N5O2. The number of carbonyl (C=O) groups excluding carboxylic acids is 1.